The number of amides is 1. The molecule has 1 aliphatic rings. The average molecular weight is 459 g/mol. The third kappa shape index (κ3) is 5.10. The molecule has 0 spiro atoms. The molecule has 1 fully saturated rings. The van der Waals surface area contributed by atoms with Crippen LogP contribution in [0.3, 0.4) is 0 Å². The summed E-state index contributed by atoms with van der Waals surface area (Å²) in [4.78, 5) is 21.4. The summed E-state index contributed by atoms with van der Waals surface area (Å²) in [5.74, 6) is 0.296. The minimum atomic E-state index is -0.0729. The molecule has 0 atom stereocenters. The molecule has 3 aromatic rings. The Morgan fingerprint density at radius 2 is 1.94 bits per heavy atom. The number of hydrogen-bond donors (Lipinski definition) is 1. The van der Waals surface area contributed by atoms with Crippen LogP contribution in [-0.2, 0) is 0 Å². The Morgan fingerprint density at radius 3 is 2.62 bits per heavy atom. The molecule has 1 aliphatic heterocycles. The van der Waals surface area contributed by atoms with Crippen molar-refractivity contribution >= 4 is 5.91 Å². The molecule has 0 bridgehead atoms. The Morgan fingerprint density at radius 1 is 1.15 bits per heavy atom. The van der Waals surface area contributed by atoms with Crippen LogP contribution in [0.2, 0.25) is 0 Å². The number of nitrogens with zero attached hydrogens (tertiary/aromatic N) is 6. The van der Waals surface area contributed by atoms with Crippen molar-refractivity contribution in [3.05, 3.63) is 59.4 Å². The molecule has 0 saturated carbocycles. The smallest absolute Gasteiger partial charge is 0.255 e. The van der Waals surface area contributed by atoms with Crippen molar-refractivity contribution in [1.29, 1.82) is 5.26 Å². The first kappa shape index (κ1) is 23.5. The molecule has 3 heterocycles. The van der Waals surface area contributed by atoms with Crippen LogP contribution in [0.1, 0.15) is 47.2 Å². The van der Waals surface area contributed by atoms with E-state index in [1.807, 2.05) is 14.0 Å². The second kappa shape index (κ2) is 10.5. The molecular formula is C26H30N6O2. The van der Waals surface area contributed by atoms with Crippen molar-refractivity contribution in [1.82, 2.24) is 24.6 Å². The third-order valence-corrected chi connectivity index (χ3v) is 6.36. The summed E-state index contributed by atoms with van der Waals surface area (Å²) in [6.45, 7) is 5.93. The quantitative estimate of drug-likeness (QED) is 0.579. The van der Waals surface area contributed by atoms with Crippen LogP contribution in [0.15, 0.2) is 42.7 Å². The van der Waals surface area contributed by atoms with E-state index >= 15 is 0 Å². The third-order valence-electron chi connectivity index (χ3n) is 6.36. The predicted octanol–water partition coefficient (Wildman–Crippen LogP) is 3.77. The number of benzene rings is 1. The van der Waals surface area contributed by atoms with Gasteiger partial charge in [-0.25, -0.2) is 4.98 Å². The van der Waals surface area contributed by atoms with Crippen molar-refractivity contribution in [2.75, 3.05) is 33.2 Å². The molecule has 0 unspecified atom stereocenters. The molecule has 0 aliphatic carbocycles. The number of likely N-dealkylation sites (tertiary alicyclic amines) is 1. The second-order valence-corrected chi connectivity index (χ2v) is 8.82. The normalized spacial score (nSPS) is 14.0. The van der Waals surface area contributed by atoms with Gasteiger partial charge < -0.3 is 14.9 Å². The van der Waals surface area contributed by atoms with E-state index in [4.69, 9.17) is 5.26 Å². The van der Waals surface area contributed by atoms with E-state index in [1.54, 1.807) is 41.4 Å². The van der Waals surface area contributed by atoms with Gasteiger partial charge in [-0.2, -0.15) is 15.0 Å². The summed E-state index contributed by atoms with van der Waals surface area (Å²) in [5, 5.41) is 24.1. The summed E-state index contributed by atoms with van der Waals surface area (Å²) in [5.41, 5.74) is 3.27. The zero-order valence-corrected chi connectivity index (χ0v) is 19.7. The van der Waals surface area contributed by atoms with Crippen LogP contribution in [-0.4, -0.2) is 68.8 Å². The van der Waals surface area contributed by atoms with Crippen LogP contribution in [0.5, 0.6) is 5.88 Å². The van der Waals surface area contributed by atoms with Gasteiger partial charge in [0.05, 0.1) is 29.0 Å². The molecule has 0 radical (unpaired) electrons. The van der Waals surface area contributed by atoms with Gasteiger partial charge in [-0.1, -0.05) is 12.5 Å². The molecule has 1 N–H and O–H groups in total. The molecule has 8 nitrogen and oxygen atoms in total. The lowest BCUT2D eigenvalue weighted by Crippen LogP contribution is -2.34. The van der Waals surface area contributed by atoms with E-state index in [0.29, 0.717) is 29.1 Å². The lowest BCUT2D eigenvalue weighted by molar-refractivity contribution is 0.0786. The van der Waals surface area contributed by atoms with Crippen molar-refractivity contribution in [3.63, 3.8) is 0 Å². The number of aromatic hydroxyl groups is 1. The number of nitriles is 1. The highest BCUT2D eigenvalue weighted by molar-refractivity contribution is 5.93. The Hall–Kier alpha value is -3.70. The number of piperidine rings is 1. The van der Waals surface area contributed by atoms with Crippen molar-refractivity contribution < 1.29 is 9.90 Å². The molecule has 34 heavy (non-hydrogen) atoms. The number of rotatable bonds is 7. The minimum Gasteiger partial charge on any atom is -0.493 e. The zero-order chi connectivity index (χ0) is 24.1. The maximum Gasteiger partial charge on any atom is 0.255 e. The molecular weight excluding hydrogens is 428 g/mol. The van der Waals surface area contributed by atoms with Gasteiger partial charge in [0.15, 0.2) is 5.82 Å². The number of aromatic nitrogens is 3. The van der Waals surface area contributed by atoms with Gasteiger partial charge in [0.2, 0.25) is 5.88 Å². The van der Waals surface area contributed by atoms with E-state index in [1.165, 1.54) is 30.1 Å². The predicted molar refractivity (Wildman–Crippen MR) is 130 cm³/mol. The van der Waals surface area contributed by atoms with E-state index in [9.17, 15) is 9.90 Å². The molecule has 2 aromatic heterocycles. The Balaban J connectivity index is 1.41. The standard InChI is InChI=1S/C26H30N6O2/c1-19-15-20(16-27)7-9-22(19)23-18-29-32(26(23)34)24-10-8-21(17-28-24)25(33)30(2)11-6-14-31-12-4-3-5-13-31/h7-10,15,17-18,34H,3-6,11-14H2,1-2H3. The van der Waals surface area contributed by atoms with Crippen LogP contribution in [0, 0.1) is 18.3 Å². The summed E-state index contributed by atoms with van der Waals surface area (Å²) in [7, 11) is 1.82. The van der Waals surface area contributed by atoms with Crippen LogP contribution in [0.25, 0.3) is 16.9 Å². The lowest BCUT2D eigenvalue weighted by atomic mass is 10.0. The van der Waals surface area contributed by atoms with Crippen molar-refractivity contribution in [2.45, 2.75) is 32.6 Å². The molecule has 1 amide bonds. The molecule has 4 rings (SSSR count). The SMILES string of the molecule is Cc1cc(C#N)ccc1-c1cnn(-c2ccc(C(=O)N(C)CCCN3CCCCC3)cn2)c1O. The van der Waals surface area contributed by atoms with Gasteiger partial charge in [0.1, 0.15) is 0 Å². The second-order valence-electron chi connectivity index (χ2n) is 8.82. The molecule has 1 aromatic carbocycles. The number of pyridine rings is 1. The lowest BCUT2D eigenvalue weighted by Gasteiger charge is -2.27. The highest BCUT2D eigenvalue weighted by Gasteiger charge is 2.18. The number of carbonyl (C=O) groups excluding carboxylic acids is 1. The first-order valence-electron chi connectivity index (χ1n) is 11.7. The van der Waals surface area contributed by atoms with Crippen molar-refractivity contribution in [2.24, 2.45) is 0 Å². The van der Waals surface area contributed by atoms with Gasteiger partial charge in [0, 0.05) is 19.8 Å². The number of hydrogen-bond acceptors (Lipinski definition) is 6. The van der Waals surface area contributed by atoms with Gasteiger partial charge in [0.25, 0.3) is 5.91 Å². The summed E-state index contributed by atoms with van der Waals surface area (Å²) in [6.07, 6.45) is 7.91. The molecule has 1 saturated heterocycles. The van der Waals surface area contributed by atoms with Crippen LogP contribution in [0.4, 0.5) is 0 Å². The van der Waals surface area contributed by atoms with Gasteiger partial charge in [-0.05, 0) is 81.2 Å². The van der Waals surface area contributed by atoms with E-state index in [2.05, 4.69) is 21.1 Å². The van der Waals surface area contributed by atoms with E-state index in [-0.39, 0.29) is 11.8 Å². The summed E-state index contributed by atoms with van der Waals surface area (Å²) < 4.78 is 1.34. The highest BCUT2D eigenvalue weighted by Crippen LogP contribution is 2.33. The Labute approximate surface area is 200 Å². The summed E-state index contributed by atoms with van der Waals surface area (Å²) in [6, 6.07) is 10.8. The maximum atomic E-state index is 12.8. The minimum absolute atomic E-state index is 0.0470. The molecule has 176 valence electrons. The first-order chi connectivity index (χ1) is 16.5. The van der Waals surface area contributed by atoms with Gasteiger partial charge in [-0.3, -0.25) is 4.79 Å². The topological polar surface area (TPSA) is 98.3 Å². The summed E-state index contributed by atoms with van der Waals surface area (Å²) >= 11 is 0. The maximum absolute atomic E-state index is 12.8. The van der Waals surface area contributed by atoms with E-state index < -0.39 is 0 Å². The zero-order valence-electron chi connectivity index (χ0n) is 19.7. The Bertz CT molecular complexity index is 1190. The van der Waals surface area contributed by atoms with E-state index in [0.717, 1.165) is 37.2 Å². The largest absolute Gasteiger partial charge is 0.493 e. The Kier molecular flexibility index (Phi) is 7.24. The number of carbonyl (C=O) groups is 1. The fraction of sp³-hybridized carbons (Fsp3) is 0.385. The number of aryl methyl sites for hydroxylation is 1. The fourth-order valence-corrected chi connectivity index (χ4v) is 4.41. The monoisotopic (exact) mass is 458 g/mol. The van der Waals surface area contributed by atoms with Crippen molar-refractivity contribution in [3.8, 4) is 28.9 Å². The average Bonchev–Trinajstić information content (AvgIpc) is 3.25. The molecule has 8 heteroatoms. The fourth-order valence-electron chi connectivity index (χ4n) is 4.41. The van der Waals surface area contributed by atoms with Gasteiger partial charge in [-0.15, -0.1) is 0 Å². The van der Waals surface area contributed by atoms with Crippen LogP contribution >= 0.6 is 0 Å². The highest BCUT2D eigenvalue weighted by atomic mass is 16.3. The first-order valence-corrected chi connectivity index (χ1v) is 11.7. The van der Waals surface area contributed by atoms with Gasteiger partial charge >= 0.3 is 0 Å². The van der Waals surface area contributed by atoms with Crippen LogP contribution < -0.4 is 0 Å².